The van der Waals surface area contributed by atoms with Crippen molar-refractivity contribution >= 4 is 53.3 Å². The fourth-order valence-electron chi connectivity index (χ4n) is 6.33. The Morgan fingerprint density at radius 1 is 0.595 bits per heavy atom. The first-order valence-corrected chi connectivity index (χ1v) is 15.3. The molecule has 0 atom stereocenters. The Labute approximate surface area is 249 Å². The maximum Gasteiger partial charge on any atom is 0.145 e. The van der Waals surface area contributed by atoms with Gasteiger partial charge in [0, 0.05) is 25.7 Å². The standard InChI is InChI=1S/C39H30N2S/c1-39(2,3)32-15-6-8-17-34(32)41-35-18-9-7-16-33(35)40-38(41)27-20-22-36-31(23-27)30-21-19-26(24-37(30)42-36)29-14-10-12-25-11-4-5-13-28(25)29/h4-24H,1-3H3. The quantitative estimate of drug-likeness (QED) is 0.211. The van der Waals surface area contributed by atoms with Gasteiger partial charge in [0.05, 0.1) is 16.7 Å². The maximum atomic E-state index is 5.20. The summed E-state index contributed by atoms with van der Waals surface area (Å²) < 4.78 is 4.95. The SMILES string of the molecule is CC(C)(C)c1ccccc1-n1c(-c2ccc3sc4cc(-c5cccc6ccccc56)ccc4c3c2)nc2ccccc21. The molecule has 0 saturated heterocycles. The summed E-state index contributed by atoms with van der Waals surface area (Å²) in [6.45, 7) is 6.84. The Bertz CT molecular complexity index is 2290. The molecule has 8 aromatic rings. The van der Waals surface area contributed by atoms with Crippen molar-refractivity contribution in [1.82, 2.24) is 9.55 Å². The Balaban J connectivity index is 1.32. The zero-order chi connectivity index (χ0) is 28.4. The number of hydrogen-bond donors (Lipinski definition) is 0. The molecule has 42 heavy (non-hydrogen) atoms. The zero-order valence-corrected chi connectivity index (χ0v) is 24.7. The number of para-hydroxylation sites is 3. The number of rotatable bonds is 3. The molecule has 0 radical (unpaired) electrons. The summed E-state index contributed by atoms with van der Waals surface area (Å²) in [5, 5.41) is 5.13. The molecule has 6 aromatic carbocycles. The smallest absolute Gasteiger partial charge is 0.145 e. The van der Waals surface area contributed by atoms with Gasteiger partial charge in [-0.15, -0.1) is 11.3 Å². The van der Waals surface area contributed by atoms with Crippen LogP contribution in [0.4, 0.5) is 0 Å². The largest absolute Gasteiger partial charge is 0.292 e. The first-order valence-electron chi connectivity index (χ1n) is 14.5. The molecule has 0 amide bonds. The molecular formula is C39H30N2S. The molecule has 0 saturated carbocycles. The lowest BCUT2D eigenvalue weighted by atomic mass is 9.85. The number of fused-ring (bicyclic) bond motifs is 5. The van der Waals surface area contributed by atoms with E-state index in [0.717, 1.165) is 22.4 Å². The summed E-state index contributed by atoms with van der Waals surface area (Å²) in [7, 11) is 0. The van der Waals surface area contributed by atoms with Crippen LogP contribution < -0.4 is 0 Å². The van der Waals surface area contributed by atoms with Gasteiger partial charge >= 0.3 is 0 Å². The van der Waals surface area contributed by atoms with Crippen molar-refractivity contribution in [1.29, 1.82) is 0 Å². The van der Waals surface area contributed by atoms with E-state index >= 15 is 0 Å². The number of aromatic nitrogens is 2. The second-order valence-electron chi connectivity index (χ2n) is 12.1. The van der Waals surface area contributed by atoms with Gasteiger partial charge in [-0.05, 0) is 75.3 Å². The highest BCUT2D eigenvalue weighted by Crippen LogP contribution is 2.41. The van der Waals surface area contributed by atoms with E-state index in [4.69, 9.17) is 4.98 Å². The summed E-state index contributed by atoms with van der Waals surface area (Å²) in [5.41, 5.74) is 8.27. The van der Waals surface area contributed by atoms with Crippen LogP contribution >= 0.6 is 11.3 Å². The first-order chi connectivity index (χ1) is 20.5. The molecule has 0 fully saturated rings. The van der Waals surface area contributed by atoms with E-state index in [1.54, 1.807) is 0 Å². The third kappa shape index (κ3) is 3.96. The van der Waals surface area contributed by atoms with Gasteiger partial charge in [-0.1, -0.05) is 106 Å². The number of imidazole rings is 1. The van der Waals surface area contributed by atoms with Gasteiger partial charge < -0.3 is 0 Å². The van der Waals surface area contributed by atoms with Gasteiger partial charge in [0.15, 0.2) is 0 Å². The van der Waals surface area contributed by atoms with Crippen LogP contribution in [0.25, 0.3) is 70.2 Å². The molecule has 3 heteroatoms. The van der Waals surface area contributed by atoms with Crippen LogP contribution in [0.2, 0.25) is 0 Å². The molecule has 0 spiro atoms. The molecule has 2 heterocycles. The molecule has 0 unspecified atom stereocenters. The normalized spacial score (nSPS) is 12.2. The summed E-state index contributed by atoms with van der Waals surface area (Å²) in [6.07, 6.45) is 0. The predicted molar refractivity (Wildman–Crippen MR) is 181 cm³/mol. The molecule has 8 rings (SSSR count). The Morgan fingerprint density at radius 2 is 1.36 bits per heavy atom. The maximum absolute atomic E-state index is 5.20. The molecule has 2 aromatic heterocycles. The van der Waals surface area contributed by atoms with E-state index in [0.29, 0.717) is 0 Å². The van der Waals surface area contributed by atoms with Crippen molar-refractivity contribution < 1.29 is 0 Å². The summed E-state index contributed by atoms with van der Waals surface area (Å²) in [6, 6.07) is 46.2. The van der Waals surface area contributed by atoms with Crippen molar-refractivity contribution in [3.05, 3.63) is 133 Å². The van der Waals surface area contributed by atoms with E-state index in [9.17, 15) is 0 Å². The first kappa shape index (κ1) is 25.0. The summed E-state index contributed by atoms with van der Waals surface area (Å²) >= 11 is 1.86. The van der Waals surface area contributed by atoms with Crippen molar-refractivity contribution in [3.63, 3.8) is 0 Å². The Kier molecular flexibility index (Phi) is 5.60. The Hall–Kier alpha value is -4.73. The molecule has 0 aliphatic rings. The molecule has 0 N–H and O–H groups in total. The Morgan fingerprint density at radius 3 is 2.26 bits per heavy atom. The van der Waals surface area contributed by atoms with E-state index in [1.165, 1.54) is 53.3 Å². The van der Waals surface area contributed by atoms with Crippen molar-refractivity contribution in [3.8, 4) is 28.2 Å². The van der Waals surface area contributed by atoms with Crippen LogP contribution in [-0.4, -0.2) is 9.55 Å². The lowest BCUT2D eigenvalue weighted by molar-refractivity contribution is 0.587. The van der Waals surface area contributed by atoms with Gasteiger partial charge in [-0.25, -0.2) is 4.98 Å². The van der Waals surface area contributed by atoms with Crippen molar-refractivity contribution in [2.24, 2.45) is 0 Å². The number of thiophene rings is 1. The van der Waals surface area contributed by atoms with Gasteiger partial charge in [0.2, 0.25) is 0 Å². The fourth-order valence-corrected chi connectivity index (χ4v) is 7.45. The summed E-state index contributed by atoms with van der Waals surface area (Å²) in [5.74, 6) is 0.974. The number of hydrogen-bond acceptors (Lipinski definition) is 2. The minimum absolute atomic E-state index is 0.00542. The lowest BCUT2D eigenvalue weighted by Crippen LogP contribution is -2.15. The molecule has 0 aliphatic heterocycles. The van der Waals surface area contributed by atoms with Crippen LogP contribution in [0.5, 0.6) is 0 Å². The van der Waals surface area contributed by atoms with Crippen molar-refractivity contribution in [2.75, 3.05) is 0 Å². The van der Waals surface area contributed by atoms with Gasteiger partial charge in [-0.2, -0.15) is 0 Å². The van der Waals surface area contributed by atoms with Gasteiger partial charge in [0.25, 0.3) is 0 Å². The number of nitrogens with zero attached hydrogens (tertiary/aromatic N) is 2. The van der Waals surface area contributed by atoms with Crippen molar-refractivity contribution in [2.45, 2.75) is 26.2 Å². The third-order valence-corrected chi connectivity index (χ3v) is 9.48. The molecule has 202 valence electrons. The van der Waals surface area contributed by atoms with Gasteiger partial charge in [-0.3, -0.25) is 4.57 Å². The van der Waals surface area contributed by atoms with Crippen LogP contribution in [0.15, 0.2) is 127 Å². The third-order valence-electron chi connectivity index (χ3n) is 8.34. The molecule has 0 aliphatic carbocycles. The van der Waals surface area contributed by atoms with Crippen LogP contribution in [0, 0.1) is 0 Å². The highest BCUT2D eigenvalue weighted by Gasteiger charge is 2.23. The molecule has 2 nitrogen and oxygen atoms in total. The average molecular weight is 559 g/mol. The van der Waals surface area contributed by atoms with Gasteiger partial charge in [0.1, 0.15) is 5.82 Å². The van der Waals surface area contributed by atoms with Crippen LogP contribution in [-0.2, 0) is 5.41 Å². The highest BCUT2D eigenvalue weighted by atomic mass is 32.1. The summed E-state index contributed by atoms with van der Waals surface area (Å²) in [4.78, 5) is 5.20. The lowest BCUT2D eigenvalue weighted by Gasteiger charge is -2.24. The molecular weight excluding hydrogens is 529 g/mol. The van der Waals surface area contributed by atoms with E-state index in [2.05, 4.69) is 153 Å². The second kappa shape index (κ2) is 9.40. The zero-order valence-electron chi connectivity index (χ0n) is 23.9. The minimum atomic E-state index is -0.00542. The fraction of sp³-hybridized carbons (Fsp3) is 0.103. The van der Waals surface area contributed by atoms with E-state index in [-0.39, 0.29) is 5.41 Å². The monoisotopic (exact) mass is 558 g/mol. The number of benzene rings is 6. The average Bonchev–Trinajstić information content (AvgIpc) is 3.58. The van der Waals surface area contributed by atoms with Crippen LogP contribution in [0.3, 0.4) is 0 Å². The highest BCUT2D eigenvalue weighted by molar-refractivity contribution is 7.25. The van der Waals surface area contributed by atoms with E-state index in [1.807, 2.05) is 11.3 Å². The predicted octanol–water partition coefficient (Wildman–Crippen LogP) is 11.2. The van der Waals surface area contributed by atoms with E-state index < -0.39 is 0 Å². The topological polar surface area (TPSA) is 17.8 Å². The second-order valence-corrected chi connectivity index (χ2v) is 13.2. The minimum Gasteiger partial charge on any atom is -0.292 e. The van der Waals surface area contributed by atoms with Crippen LogP contribution in [0.1, 0.15) is 26.3 Å². The molecule has 0 bridgehead atoms.